The highest BCUT2D eigenvalue weighted by Gasteiger charge is 2.48. The lowest BCUT2D eigenvalue weighted by molar-refractivity contribution is -0.730. The minimum Gasteiger partial charge on any atom is -0.857 e. The molecule has 3 unspecified atom stereocenters. The lowest BCUT2D eigenvalue weighted by Gasteiger charge is -2.39. The predicted molar refractivity (Wildman–Crippen MR) is 179 cm³/mol. The van der Waals surface area contributed by atoms with Crippen LogP contribution in [0.5, 0.6) is 17.2 Å². The Hall–Kier alpha value is -5.23. The minimum absolute atomic E-state index is 0.0128. The second kappa shape index (κ2) is 13.5. The van der Waals surface area contributed by atoms with Gasteiger partial charge in [-0.1, -0.05) is 6.08 Å². The van der Waals surface area contributed by atoms with E-state index >= 15 is 0 Å². The molecule has 5 aliphatic heterocycles. The molecule has 17 heteroatoms. The Kier molecular flexibility index (Phi) is 9.05. The van der Waals surface area contributed by atoms with Crippen LogP contribution < -0.4 is 29.5 Å². The number of ether oxygens (including phenoxy) is 4. The molecule has 7 rings (SSSR count). The monoisotopic (exact) mass is 702 g/mol. The third kappa shape index (κ3) is 5.71. The van der Waals surface area contributed by atoms with Crippen LogP contribution in [0.15, 0.2) is 44.8 Å². The van der Waals surface area contributed by atoms with Gasteiger partial charge in [-0.3, -0.25) is 14.8 Å². The number of allylic oxidation sites excluding steroid dienone is 3. The van der Waals surface area contributed by atoms with E-state index in [0.717, 1.165) is 25.9 Å². The van der Waals surface area contributed by atoms with Crippen LogP contribution in [0.3, 0.4) is 0 Å². The van der Waals surface area contributed by atoms with Crippen LogP contribution >= 0.6 is 0 Å². The number of carbonyl (C=O) groups is 2. The Labute approximate surface area is 292 Å². The number of nitrogens with zero attached hydrogens (tertiary/aromatic N) is 5. The number of nitrogens with one attached hydrogen (secondary N) is 3. The highest BCUT2D eigenvalue weighted by atomic mass is 16.6. The summed E-state index contributed by atoms with van der Waals surface area (Å²) in [4.78, 5) is 43.1. The van der Waals surface area contributed by atoms with Gasteiger partial charge in [-0.25, -0.2) is 19.7 Å². The SMILES string of the molecule is CCOC(=O)C1=C(C=O)C(=CCn2ccnc2[NH+]2CN=C3C([O-])=NC(=N)N=C32)c2c(OC)c3c(c(CO)c2O1)OC(C(C)(O)C1CCNCC1)C3. The number of aliphatic imine (C=N–C) groups is 3. The number of amidine groups is 1. The summed E-state index contributed by atoms with van der Waals surface area (Å²) in [6.45, 7) is 4.60. The molecule has 5 N–H and O–H groups in total. The average molecular weight is 703 g/mol. The largest absolute Gasteiger partial charge is 0.857 e. The number of aliphatic hydroxyl groups excluding tert-OH is 1. The molecule has 0 saturated carbocycles. The first-order valence-corrected chi connectivity index (χ1v) is 16.7. The van der Waals surface area contributed by atoms with Crippen LogP contribution in [-0.4, -0.2) is 101 Å². The summed E-state index contributed by atoms with van der Waals surface area (Å²) in [5, 5.41) is 46.2. The molecule has 0 bridgehead atoms. The zero-order chi connectivity index (χ0) is 36.0. The minimum atomic E-state index is -1.22. The van der Waals surface area contributed by atoms with E-state index < -0.39 is 36.1 Å². The average Bonchev–Trinajstić information content (AvgIpc) is 3.88. The first kappa shape index (κ1) is 34.2. The number of hydrogen-bond donors (Lipinski definition) is 5. The second-order valence-electron chi connectivity index (χ2n) is 12.8. The van der Waals surface area contributed by atoms with Crippen molar-refractivity contribution < 1.29 is 48.8 Å². The maximum absolute atomic E-state index is 13.3. The Morgan fingerprint density at radius 3 is 2.78 bits per heavy atom. The van der Waals surface area contributed by atoms with Crippen molar-refractivity contribution in [2.45, 2.75) is 58.0 Å². The fourth-order valence-electron chi connectivity index (χ4n) is 7.42. The molecule has 51 heavy (non-hydrogen) atoms. The standard InChI is InChI=1S/C34H38N8O9/c1-4-49-31(46)28-20(14-43)18(7-11-41-12-10-37-33(41)42-16-38-24-29(42)39-32(35)40-30(24)45)23-26(48-3)19-13-22(34(2,47)17-5-8-36-9-6-17)50-25(19)21(15-44)27(23)51-28/h7,10,12,14,17,22,36,44,47H,4-6,8-9,11,13,15-16H2,1-3H3,(H2,35,40,45). The lowest BCUT2D eigenvalue weighted by Crippen LogP contribution is -3.10. The van der Waals surface area contributed by atoms with Crippen molar-refractivity contribution in [3.05, 3.63) is 46.5 Å². The van der Waals surface area contributed by atoms with Crippen molar-refractivity contribution in [3.63, 3.8) is 0 Å². The van der Waals surface area contributed by atoms with Gasteiger partial charge < -0.3 is 39.6 Å². The number of esters is 1. The summed E-state index contributed by atoms with van der Waals surface area (Å²) in [7, 11) is 1.47. The van der Waals surface area contributed by atoms with Crippen LogP contribution in [0.2, 0.25) is 0 Å². The zero-order valence-corrected chi connectivity index (χ0v) is 28.3. The molecule has 6 heterocycles. The summed E-state index contributed by atoms with van der Waals surface area (Å²) < 4.78 is 25.6. The molecular formula is C34H38N8O9. The van der Waals surface area contributed by atoms with Crippen molar-refractivity contribution >= 4 is 47.2 Å². The van der Waals surface area contributed by atoms with Gasteiger partial charge in [-0.2, -0.15) is 9.98 Å². The molecule has 1 aromatic heterocycles. The van der Waals surface area contributed by atoms with Crippen LogP contribution in [-0.2, 0) is 33.9 Å². The number of fused-ring (bicyclic) bond motifs is 3. The van der Waals surface area contributed by atoms with Crippen molar-refractivity contribution in [2.24, 2.45) is 20.9 Å². The van der Waals surface area contributed by atoms with Crippen molar-refractivity contribution in [2.75, 3.05) is 33.5 Å². The van der Waals surface area contributed by atoms with Crippen LogP contribution in [0, 0.1) is 11.3 Å². The van der Waals surface area contributed by atoms with Gasteiger partial charge in [0.2, 0.25) is 11.7 Å². The van der Waals surface area contributed by atoms with Crippen molar-refractivity contribution in [3.8, 4) is 17.2 Å². The summed E-state index contributed by atoms with van der Waals surface area (Å²) in [6.07, 6.45) is 6.55. The van der Waals surface area contributed by atoms with E-state index in [1.54, 1.807) is 36.9 Å². The molecule has 3 atom stereocenters. The van der Waals surface area contributed by atoms with Gasteiger partial charge >= 0.3 is 11.9 Å². The number of aliphatic hydroxyl groups is 2. The summed E-state index contributed by atoms with van der Waals surface area (Å²) in [5.41, 5.74) is 0.145. The van der Waals surface area contributed by atoms with Crippen LogP contribution in [0.25, 0.3) is 5.57 Å². The number of quaternary nitrogens is 1. The Balaban J connectivity index is 1.33. The Morgan fingerprint density at radius 1 is 1.29 bits per heavy atom. The van der Waals surface area contributed by atoms with E-state index in [1.165, 1.54) is 7.11 Å². The molecule has 1 aromatic carbocycles. The summed E-state index contributed by atoms with van der Waals surface area (Å²) >= 11 is 0. The molecule has 17 nitrogen and oxygen atoms in total. The van der Waals surface area contributed by atoms with Crippen molar-refractivity contribution in [1.29, 1.82) is 5.41 Å². The number of hydrogen-bond acceptors (Lipinski definition) is 13. The third-order valence-electron chi connectivity index (χ3n) is 9.98. The molecule has 0 aliphatic carbocycles. The van der Waals surface area contributed by atoms with E-state index in [1.807, 2.05) is 0 Å². The number of imidazole rings is 1. The maximum atomic E-state index is 13.3. The fraction of sp³-hybridized carbons (Fsp3) is 0.441. The highest BCUT2D eigenvalue weighted by molar-refractivity contribution is 6.66. The Morgan fingerprint density at radius 2 is 2.08 bits per heavy atom. The fourth-order valence-corrected chi connectivity index (χ4v) is 7.42. The van der Waals surface area contributed by atoms with E-state index in [4.69, 9.17) is 24.4 Å². The first-order valence-electron chi connectivity index (χ1n) is 16.7. The number of guanidine groups is 1. The molecule has 5 aliphatic rings. The number of benzene rings is 1. The van der Waals surface area contributed by atoms with E-state index in [0.29, 0.717) is 34.0 Å². The molecule has 0 amide bonds. The number of methoxy groups -OCH3 is 1. The zero-order valence-electron chi connectivity index (χ0n) is 28.3. The number of aldehydes is 1. The van der Waals surface area contributed by atoms with Gasteiger partial charge in [0.05, 0.1) is 43.2 Å². The lowest BCUT2D eigenvalue weighted by atomic mass is 9.77. The van der Waals surface area contributed by atoms with Gasteiger partial charge in [-0.15, -0.1) is 0 Å². The van der Waals surface area contributed by atoms with Gasteiger partial charge in [-0.05, 0) is 45.7 Å². The smallest absolute Gasteiger partial charge is 0.375 e. The van der Waals surface area contributed by atoms with Crippen LogP contribution in [0.1, 0.15) is 43.4 Å². The number of carbonyl (C=O) groups excluding carboxylic acids is 2. The maximum Gasteiger partial charge on any atom is 0.375 e. The van der Waals surface area contributed by atoms with Crippen molar-refractivity contribution in [1.82, 2.24) is 14.9 Å². The summed E-state index contributed by atoms with van der Waals surface area (Å²) in [6, 6.07) is 0. The van der Waals surface area contributed by atoms with Gasteiger partial charge in [0.1, 0.15) is 29.0 Å². The Bertz CT molecular complexity index is 1970. The third-order valence-corrected chi connectivity index (χ3v) is 9.98. The molecule has 0 spiro atoms. The molecule has 1 fully saturated rings. The first-order chi connectivity index (χ1) is 24.6. The normalized spacial score (nSPS) is 23.3. The number of aromatic nitrogens is 2. The number of piperidine rings is 1. The van der Waals surface area contributed by atoms with Gasteiger partial charge in [0.15, 0.2) is 18.7 Å². The van der Waals surface area contributed by atoms with E-state index in [9.17, 15) is 24.9 Å². The molecule has 1 saturated heterocycles. The van der Waals surface area contributed by atoms with Gasteiger partial charge in [0.25, 0.3) is 5.84 Å². The van der Waals surface area contributed by atoms with Gasteiger partial charge in [0, 0.05) is 36.2 Å². The molecule has 2 aromatic rings. The molecule has 268 valence electrons. The second-order valence-corrected chi connectivity index (χ2v) is 12.8. The highest BCUT2D eigenvalue weighted by Crippen LogP contribution is 2.55. The topological polar surface area (TPSA) is 230 Å². The summed E-state index contributed by atoms with van der Waals surface area (Å²) in [5.74, 6) is -1.06. The molecular weight excluding hydrogens is 664 g/mol. The molecule has 0 radical (unpaired) electrons. The van der Waals surface area contributed by atoms with E-state index in [-0.39, 0.29) is 77.7 Å². The number of rotatable bonds is 10. The predicted octanol–water partition coefficient (Wildman–Crippen LogP) is -1.04. The van der Waals surface area contributed by atoms with E-state index in [2.05, 4.69) is 25.3 Å². The quantitative estimate of drug-likeness (QED) is 0.148. The van der Waals surface area contributed by atoms with Crippen LogP contribution in [0.4, 0.5) is 5.95 Å².